The number of ether oxygens (including phenoxy) is 1. The molecule has 0 radical (unpaired) electrons. The molecule has 8 aliphatic carbocycles. The number of alkyl halides is 13. The van der Waals surface area contributed by atoms with Crippen molar-refractivity contribution in [3.63, 3.8) is 0 Å². The number of Topliss-reactive ketones (excluding diaryl/α,β-unsaturated/α-hetero) is 6. The largest absolute Gasteiger partial charge is 0.491 e. The van der Waals surface area contributed by atoms with Crippen LogP contribution in [0.25, 0.3) is 0 Å². The fraction of sp³-hybridized carbons (Fsp3) is 0.320. The van der Waals surface area contributed by atoms with Crippen molar-refractivity contribution in [2.24, 2.45) is 17.2 Å². The summed E-state index contributed by atoms with van der Waals surface area (Å²) in [6.07, 6.45) is 11.3. The van der Waals surface area contributed by atoms with Gasteiger partial charge in [-0.2, -0.15) is 61.1 Å². The van der Waals surface area contributed by atoms with Crippen molar-refractivity contribution in [3.8, 4) is 61.7 Å². The minimum atomic E-state index is -5.62. The first-order valence-corrected chi connectivity index (χ1v) is 44.8. The third kappa shape index (κ3) is 42.7. The van der Waals surface area contributed by atoms with Crippen LogP contribution in [0.15, 0.2) is 194 Å². The van der Waals surface area contributed by atoms with Gasteiger partial charge in [-0.3, -0.25) is 63.7 Å². The highest BCUT2D eigenvalue weighted by Gasteiger charge is 2.50. The Morgan fingerprint density at radius 1 is 0.399 bits per heavy atom. The zero-order valence-electron chi connectivity index (χ0n) is 76.7. The average molecular weight is 2190 g/mol. The van der Waals surface area contributed by atoms with Crippen molar-refractivity contribution < 1.29 is 128 Å². The van der Waals surface area contributed by atoms with Crippen LogP contribution in [0, 0.1) is 61.7 Å². The van der Waals surface area contributed by atoms with E-state index in [4.69, 9.17) is 59.1 Å². The van der Waals surface area contributed by atoms with Crippen LogP contribution in [-0.4, -0.2) is 150 Å². The van der Waals surface area contributed by atoms with Gasteiger partial charge in [0.1, 0.15) is 0 Å². The van der Waals surface area contributed by atoms with Gasteiger partial charge < -0.3 is 32.6 Å². The number of nitrogens with zero attached hydrogens (tertiary/aromatic N) is 1. The normalized spacial score (nSPS) is 17.4. The van der Waals surface area contributed by atoms with Gasteiger partial charge in [-0.1, -0.05) is 240 Å². The molecule has 2 amide bonds. The Bertz CT molecular complexity index is 5790. The number of nitrogens with two attached hydrogens (primary N) is 3. The van der Waals surface area contributed by atoms with Gasteiger partial charge in [-0.25, -0.2) is 14.5 Å². The van der Waals surface area contributed by atoms with Gasteiger partial charge in [0.25, 0.3) is 10.1 Å². The molecule has 24 nitrogen and oxygen atoms in total. The van der Waals surface area contributed by atoms with Crippen LogP contribution < -0.4 is 38.5 Å². The molecule has 0 saturated heterocycles. The molecular formula is C100H104BrCl5F12N8O16S. The Morgan fingerprint density at radius 3 is 0.979 bits per heavy atom. The van der Waals surface area contributed by atoms with Gasteiger partial charge in [0.05, 0.1) is 55.4 Å². The number of esters is 2. The molecule has 8 aromatic rings. The number of hydrogen-bond acceptors (Lipinski definition) is 21. The zero-order chi connectivity index (χ0) is 103. The standard InChI is InChI=1S/C15H13NO.2C12H11NO.C11H8F3NO2.C11H10F3NO.2C9H9NO.C9H11N.C4F6O3.C4H10O2.C3H3Br.CH4O3S.5ClH/c1-3-9-16(10-4-2)14-11-15(17)13-8-6-5-7-12(13)14;2*1-2-7-13-11-8-12(14)10-6-4-3-5-9(10)11;12-11(13,14)10(17)15-8-5-9(16)7-4-2-1-3-6(7)8;12-11(13,14)10(16)15-9-6-5-7-3-1-2-4-8(7)9;2*10-8-5-9(11)7-4-2-1-3-6(7)8;10-9-6-5-7-3-1-2-4-8(7)9;5-3(6,7)1(11)13-2(12)4(8,9)10;1-4(2,3)6-5;1-2-3-4;1-5(2,3)4;;;;;/h1-2,5-8,14H,9-11H2;2*1,3-6,11,13H,7-8H2;1-4,8H,5H2,(H,15,17);1-4,9H,5-6H2,(H,15,16);2*1-4,8H,5,10H2;1-4,9H,5-6,10H2;;5H,1-3H3;1H,3H2;1H3,(H,2,3,4);5*1H. The summed E-state index contributed by atoms with van der Waals surface area (Å²) in [6.45, 7) is 7.26. The molecule has 143 heavy (non-hydrogen) atoms. The summed E-state index contributed by atoms with van der Waals surface area (Å²) in [5.41, 5.74) is 31.6. The molecule has 12 N–H and O–H groups in total. The summed E-state index contributed by atoms with van der Waals surface area (Å²) in [6, 6.07) is 59.1. The molecule has 43 heteroatoms. The van der Waals surface area contributed by atoms with E-state index >= 15 is 0 Å². The molecule has 0 spiro atoms. The maximum atomic E-state index is 12.1. The fourth-order valence-corrected chi connectivity index (χ4v) is 14.5. The lowest BCUT2D eigenvalue weighted by atomic mass is 10.1. The van der Waals surface area contributed by atoms with Crippen molar-refractivity contribution in [3.05, 3.63) is 283 Å². The van der Waals surface area contributed by atoms with Crippen molar-refractivity contribution in [2.75, 3.05) is 37.8 Å². The van der Waals surface area contributed by atoms with Crippen LogP contribution in [0.1, 0.15) is 238 Å². The number of terminal acetylenes is 5. The van der Waals surface area contributed by atoms with E-state index in [1.54, 1.807) is 51.1 Å². The molecule has 0 fully saturated rings. The summed E-state index contributed by atoms with van der Waals surface area (Å²) >= 11 is 3.01. The van der Waals surface area contributed by atoms with Crippen LogP contribution >= 0.6 is 78.0 Å². The lowest BCUT2D eigenvalue weighted by Crippen LogP contribution is -2.38. The second kappa shape index (κ2) is 62.1. The van der Waals surface area contributed by atoms with Crippen LogP contribution in [0.5, 0.6) is 0 Å². The van der Waals surface area contributed by atoms with Crippen molar-refractivity contribution >= 4 is 147 Å². The topological polar surface area (TPSA) is 393 Å². The molecule has 8 aromatic carbocycles. The number of ketones is 6. The monoisotopic (exact) mass is 2190 g/mol. The summed E-state index contributed by atoms with van der Waals surface area (Å²) in [5, 5.41) is 18.7. The maximum Gasteiger partial charge on any atom is 0.491 e. The number of halogens is 18. The van der Waals surface area contributed by atoms with Crippen LogP contribution in [0.3, 0.4) is 0 Å². The Hall–Kier alpha value is -11.7. The molecule has 0 saturated carbocycles. The van der Waals surface area contributed by atoms with Crippen LogP contribution in [0.2, 0.25) is 0 Å². The van der Waals surface area contributed by atoms with E-state index in [1.807, 2.05) is 149 Å². The number of hydrogen-bond donors (Lipinski definition) is 9. The minimum Gasteiger partial charge on any atom is -0.380 e. The number of aryl methyl sites for hydroxylation is 2. The summed E-state index contributed by atoms with van der Waals surface area (Å²) in [4.78, 5) is 116. The third-order valence-corrected chi connectivity index (χ3v) is 20.9. The first kappa shape index (κ1) is 131. The SMILES string of the molecule is C#CCBr.C#CCN(CC#C)C1CC(=O)c2ccccc21.C#CCNC1CC(=O)c2ccccc21.C#CCNC1CC(=O)c2ccccc21.CC(C)(C)OO.CS(=O)(=O)O.Cl.Cl.Cl.Cl.Cl.NC1CC(=O)c2ccccc21.NC1CC(=O)c2ccccc21.NC1CCc2ccccc21.O=C(NC1CCc2ccccc21)C(F)(F)F.O=C(OC(=O)C(F)(F)F)C(F)(F)F.O=C1CC(NC(=O)C(F)(F)F)c2ccccc21. The maximum absolute atomic E-state index is 12.1. The number of benzene rings is 8. The second-order valence-corrected chi connectivity index (χ2v) is 33.7. The van der Waals surface area contributed by atoms with E-state index in [2.05, 4.69) is 90.1 Å². The third-order valence-electron chi connectivity index (χ3n) is 20.6. The number of nitrogens with one attached hydrogen (secondary N) is 4. The Labute approximate surface area is 859 Å². The summed E-state index contributed by atoms with van der Waals surface area (Å²) in [7, 11) is -3.67. The molecular weight excluding hydrogens is 2090 g/mol. The lowest BCUT2D eigenvalue weighted by Gasteiger charge is -2.24. The van der Waals surface area contributed by atoms with Gasteiger partial charge in [0.2, 0.25) is 0 Å². The van der Waals surface area contributed by atoms with Crippen LogP contribution in [-0.2, 0) is 51.8 Å². The summed E-state index contributed by atoms with van der Waals surface area (Å²) < 4.78 is 168. The predicted molar refractivity (Wildman–Crippen MR) is 531 cm³/mol. The first-order chi connectivity index (χ1) is 64.8. The molecule has 0 heterocycles. The number of fused-ring (bicyclic) bond motifs is 8. The predicted octanol–water partition coefficient (Wildman–Crippen LogP) is 18.6. The van der Waals surface area contributed by atoms with E-state index in [9.17, 15) is 109 Å². The molecule has 0 aliphatic heterocycles. The fourth-order valence-electron chi connectivity index (χ4n) is 14.5. The smallest absolute Gasteiger partial charge is 0.380 e. The molecule has 8 aliphatic rings. The lowest BCUT2D eigenvalue weighted by molar-refractivity contribution is -0.306. The van der Waals surface area contributed by atoms with Gasteiger partial charge in [-0.15, -0.1) is 94.2 Å². The van der Waals surface area contributed by atoms with E-state index in [-0.39, 0.29) is 133 Å². The van der Waals surface area contributed by atoms with Gasteiger partial charge in [-0.05, 0) is 102 Å². The first-order valence-electron chi connectivity index (χ1n) is 41.8. The quantitative estimate of drug-likeness (QED) is 0.00947. The molecule has 16 rings (SSSR count). The molecule has 772 valence electrons. The summed E-state index contributed by atoms with van der Waals surface area (Å²) in [5.74, 6) is 2.96. The van der Waals surface area contributed by atoms with E-state index < -0.39 is 76.3 Å². The highest BCUT2D eigenvalue weighted by atomic mass is 79.9. The Morgan fingerprint density at radius 2 is 0.664 bits per heavy atom. The Kier molecular flexibility index (Phi) is 57.1. The van der Waals surface area contributed by atoms with Crippen molar-refractivity contribution in [1.29, 1.82) is 0 Å². The van der Waals surface area contributed by atoms with E-state index in [1.165, 1.54) is 17.2 Å². The van der Waals surface area contributed by atoms with Gasteiger partial charge in [0, 0.05) is 108 Å². The van der Waals surface area contributed by atoms with Gasteiger partial charge in [0.15, 0.2) is 34.7 Å². The molecule has 8 atom stereocenters. The van der Waals surface area contributed by atoms with E-state index in [0.29, 0.717) is 99.9 Å². The second-order valence-electron chi connectivity index (χ2n) is 31.7. The molecule has 0 bridgehead atoms. The number of rotatable bonds is 9. The Balaban J connectivity index is 0.00000156. The molecule has 8 unspecified atom stereocenters. The molecule has 0 aromatic heterocycles. The zero-order valence-corrected chi connectivity index (χ0v) is 83.2. The minimum absolute atomic E-state index is 0. The van der Waals surface area contributed by atoms with E-state index in [0.717, 1.165) is 79.6 Å². The average Bonchev–Trinajstić information content (AvgIpc) is 1.66. The highest BCUT2D eigenvalue weighted by molar-refractivity contribution is 9.09. The van der Waals surface area contributed by atoms with Gasteiger partial charge >= 0.3 is 48.5 Å². The number of carbonyl (C=O) groups excluding carboxylic acids is 10. The number of carbonyl (C=O) groups is 10. The number of amides is 2. The van der Waals surface area contributed by atoms with Crippen molar-refractivity contribution in [2.45, 2.75) is 164 Å². The highest BCUT2D eigenvalue weighted by Crippen LogP contribution is 2.39. The van der Waals surface area contributed by atoms with Crippen LogP contribution in [0.4, 0.5) is 52.7 Å². The van der Waals surface area contributed by atoms with Crippen molar-refractivity contribution in [1.82, 2.24) is 26.2 Å².